The Labute approximate surface area is 146 Å². The van der Waals surface area contributed by atoms with E-state index in [1.807, 2.05) is 44.2 Å². The van der Waals surface area contributed by atoms with Gasteiger partial charge in [0.2, 0.25) is 0 Å². The molecule has 0 aliphatic heterocycles. The Kier molecular flexibility index (Phi) is 6.09. The van der Waals surface area contributed by atoms with E-state index in [4.69, 9.17) is 4.74 Å². The highest BCUT2D eigenvalue weighted by Gasteiger charge is 2.23. The van der Waals surface area contributed by atoms with Gasteiger partial charge >= 0.3 is 5.97 Å². The largest absolute Gasteiger partial charge is 0.448 e. The summed E-state index contributed by atoms with van der Waals surface area (Å²) in [6.07, 6.45) is -0.835. The number of esters is 1. The molecule has 24 heavy (non-hydrogen) atoms. The molecule has 1 aromatic heterocycles. The van der Waals surface area contributed by atoms with Crippen LogP contribution < -0.4 is 5.32 Å². The van der Waals surface area contributed by atoms with E-state index in [2.05, 4.69) is 10.3 Å². The smallest absolute Gasteiger partial charge is 0.351 e. The van der Waals surface area contributed by atoms with Gasteiger partial charge in [0.1, 0.15) is 9.88 Å². The van der Waals surface area contributed by atoms with Crippen LogP contribution in [0.5, 0.6) is 0 Å². The number of carbonyl (C=O) groups excluding carboxylic acids is 2. The lowest BCUT2D eigenvalue weighted by molar-refractivity contribution is -0.129. The lowest BCUT2D eigenvalue weighted by Gasteiger charge is -2.14. The number of nitrogens with one attached hydrogen (secondary N) is 1. The van der Waals surface area contributed by atoms with Crippen molar-refractivity contribution in [2.45, 2.75) is 33.8 Å². The summed E-state index contributed by atoms with van der Waals surface area (Å²) in [6, 6.07) is 9.65. The molecule has 1 amide bonds. The van der Waals surface area contributed by atoms with E-state index >= 15 is 0 Å². The van der Waals surface area contributed by atoms with Gasteiger partial charge in [-0.1, -0.05) is 44.2 Å². The number of aryl methyl sites for hydroxylation is 1. The van der Waals surface area contributed by atoms with Gasteiger partial charge in [0.15, 0.2) is 6.10 Å². The fraction of sp³-hybridized carbons (Fsp3) is 0.389. The van der Waals surface area contributed by atoms with Crippen LogP contribution in [0.1, 0.15) is 36.1 Å². The molecule has 128 valence electrons. The first kappa shape index (κ1) is 18.1. The summed E-state index contributed by atoms with van der Waals surface area (Å²) in [5, 5.41) is 3.52. The van der Waals surface area contributed by atoms with Crippen molar-refractivity contribution in [3.63, 3.8) is 0 Å². The van der Waals surface area contributed by atoms with Crippen LogP contribution in [-0.4, -0.2) is 29.5 Å². The minimum absolute atomic E-state index is 0.289. The van der Waals surface area contributed by atoms with Crippen LogP contribution in [0.4, 0.5) is 0 Å². The van der Waals surface area contributed by atoms with Crippen LogP contribution in [0.15, 0.2) is 30.3 Å². The van der Waals surface area contributed by atoms with E-state index in [9.17, 15) is 9.59 Å². The van der Waals surface area contributed by atoms with Crippen LogP contribution in [0, 0.1) is 12.8 Å². The molecule has 1 aromatic carbocycles. The van der Waals surface area contributed by atoms with Crippen LogP contribution in [0.25, 0.3) is 10.6 Å². The molecule has 0 aliphatic carbocycles. The van der Waals surface area contributed by atoms with E-state index in [1.54, 1.807) is 13.8 Å². The SMILES string of the molecule is Cc1nc(-c2ccccc2)sc1C(=O)O[C@H](C)C(=O)NCC(C)C. The van der Waals surface area contributed by atoms with Crippen LogP contribution >= 0.6 is 11.3 Å². The molecule has 0 unspecified atom stereocenters. The molecule has 1 heterocycles. The molecular formula is C18H22N2O3S. The van der Waals surface area contributed by atoms with Gasteiger partial charge in [-0.05, 0) is 19.8 Å². The van der Waals surface area contributed by atoms with E-state index in [1.165, 1.54) is 11.3 Å². The van der Waals surface area contributed by atoms with Crippen LogP contribution in [-0.2, 0) is 9.53 Å². The van der Waals surface area contributed by atoms with Gasteiger partial charge in [-0.2, -0.15) is 0 Å². The van der Waals surface area contributed by atoms with E-state index in [0.29, 0.717) is 23.0 Å². The molecule has 0 spiro atoms. The van der Waals surface area contributed by atoms with Gasteiger partial charge in [-0.3, -0.25) is 4.79 Å². The van der Waals surface area contributed by atoms with Crippen molar-refractivity contribution in [2.75, 3.05) is 6.54 Å². The molecule has 0 saturated carbocycles. The Morgan fingerprint density at radius 2 is 1.88 bits per heavy atom. The highest BCUT2D eigenvalue weighted by Crippen LogP contribution is 2.28. The molecule has 0 bridgehead atoms. The molecule has 0 aliphatic rings. The standard InChI is InChI=1S/C18H22N2O3S/c1-11(2)10-19-16(21)13(4)23-18(22)15-12(3)20-17(24-15)14-8-6-5-7-9-14/h5-9,11,13H,10H2,1-4H3,(H,19,21)/t13-/m1/s1. The first-order chi connectivity index (χ1) is 11.4. The van der Waals surface area contributed by atoms with E-state index < -0.39 is 12.1 Å². The zero-order valence-corrected chi connectivity index (χ0v) is 15.1. The maximum absolute atomic E-state index is 12.3. The van der Waals surface area contributed by atoms with Gasteiger partial charge < -0.3 is 10.1 Å². The third-order valence-corrected chi connectivity index (χ3v) is 4.53. The van der Waals surface area contributed by atoms with Gasteiger partial charge in [-0.15, -0.1) is 11.3 Å². The molecule has 0 radical (unpaired) electrons. The summed E-state index contributed by atoms with van der Waals surface area (Å²) in [5.41, 5.74) is 1.56. The molecule has 2 aromatic rings. The van der Waals surface area contributed by atoms with Crippen molar-refractivity contribution in [2.24, 2.45) is 5.92 Å². The van der Waals surface area contributed by atoms with E-state index in [-0.39, 0.29) is 5.91 Å². The normalized spacial score (nSPS) is 12.0. The number of carbonyl (C=O) groups is 2. The summed E-state index contributed by atoms with van der Waals surface area (Å²) in [7, 11) is 0. The van der Waals surface area contributed by atoms with Crippen LogP contribution in [0.2, 0.25) is 0 Å². The highest BCUT2D eigenvalue weighted by molar-refractivity contribution is 7.17. The number of rotatable bonds is 6. The Morgan fingerprint density at radius 3 is 2.50 bits per heavy atom. The Bertz CT molecular complexity index is 710. The van der Waals surface area contributed by atoms with Crippen molar-refractivity contribution < 1.29 is 14.3 Å². The van der Waals surface area contributed by atoms with Gasteiger partial charge in [0, 0.05) is 12.1 Å². The van der Waals surface area contributed by atoms with E-state index in [0.717, 1.165) is 10.6 Å². The zero-order chi connectivity index (χ0) is 17.7. The summed E-state index contributed by atoms with van der Waals surface area (Å²) >= 11 is 1.28. The summed E-state index contributed by atoms with van der Waals surface area (Å²) in [4.78, 5) is 29.1. The van der Waals surface area contributed by atoms with Crippen molar-refractivity contribution >= 4 is 23.2 Å². The fourth-order valence-electron chi connectivity index (χ4n) is 2.01. The van der Waals surface area contributed by atoms with Crippen LogP contribution in [0.3, 0.4) is 0 Å². The minimum atomic E-state index is -0.835. The molecule has 6 heteroatoms. The molecule has 1 atom stereocenters. The average Bonchev–Trinajstić information content (AvgIpc) is 2.95. The first-order valence-electron chi connectivity index (χ1n) is 7.90. The predicted molar refractivity (Wildman–Crippen MR) is 95.0 cm³/mol. The number of nitrogens with zero attached hydrogens (tertiary/aromatic N) is 1. The van der Waals surface area contributed by atoms with Crippen molar-refractivity contribution in [3.8, 4) is 10.6 Å². The average molecular weight is 346 g/mol. The molecular weight excluding hydrogens is 324 g/mol. The summed E-state index contributed by atoms with van der Waals surface area (Å²) in [6.45, 7) is 7.90. The monoisotopic (exact) mass is 346 g/mol. The fourth-order valence-corrected chi connectivity index (χ4v) is 2.96. The number of thiazole rings is 1. The number of amides is 1. The number of ether oxygens (including phenoxy) is 1. The van der Waals surface area contributed by atoms with Crippen molar-refractivity contribution in [3.05, 3.63) is 40.9 Å². The van der Waals surface area contributed by atoms with Crippen molar-refractivity contribution in [1.29, 1.82) is 0 Å². The lowest BCUT2D eigenvalue weighted by Crippen LogP contribution is -2.37. The second kappa shape index (κ2) is 8.06. The highest BCUT2D eigenvalue weighted by atomic mass is 32.1. The molecule has 1 N–H and O–H groups in total. The number of aromatic nitrogens is 1. The molecule has 0 saturated heterocycles. The van der Waals surface area contributed by atoms with Crippen molar-refractivity contribution in [1.82, 2.24) is 10.3 Å². The topological polar surface area (TPSA) is 68.3 Å². The third kappa shape index (κ3) is 4.64. The lowest BCUT2D eigenvalue weighted by atomic mass is 10.2. The van der Waals surface area contributed by atoms with Gasteiger partial charge in [-0.25, -0.2) is 9.78 Å². The molecule has 5 nitrogen and oxygen atoms in total. The number of hydrogen-bond acceptors (Lipinski definition) is 5. The summed E-state index contributed by atoms with van der Waals surface area (Å²) in [5.74, 6) is -0.462. The maximum Gasteiger partial charge on any atom is 0.351 e. The second-order valence-corrected chi connectivity index (χ2v) is 6.99. The summed E-state index contributed by atoms with van der Waals surface area (Å²) < 4.78 is 5.28. The molecule has 2 rings (SSSR count). The quantitative estimate of drug-likeness (QED) is 0.814. The Hall–Kier alpha value is -2.21. The second-order valence-electron chi connectivity index (χ2n) is 5.99. The third-order valence-electron chi connectivity index (χ3n) is 3.34. The maximum atomic E-state index is 12.3. The Morgan fingerprint density at radius 1 is 1.21 bits per heavy atom. The zero-order valence-electron chi connectivity index (χ0n) is 14.3. The first-order valence-corrected chi connectivity index (χ1v) is 8.71. The van der Waals surface area contributed by atoms with Gasteiger partial charge in [0.25, 0.3) is 5.91 Å². The molecule has 0 fully saturated rings. The Balaban J connectivity index is 2.05. The number of benzene rings is 1. The minimum Gasteiger partial charge on any atom is -0.448 e. The predicted octanol–water partition coefficient (Wildman–Crippen LogP) is 3.44. The van der Waals surface area contributed by atoms with Gasteiger partial charge in [0.05, 0.1) is 5.69 Å². The number of hydrogen-bond donors (Lipinski definition) is 1.